The van der Waals surface area contributed by atoms with Gasteiger partial charge >= 0.3 is 0 Å². The van der Waals surface area contributed by atoms with Crippen molar-refractivity contribution in [2.75, 3.05) is 14.2 Å². The van der Waals surface area contributed by atoms with Crippen LogP contribution in [-0.2, 0) is 6.42 Å². The summed E-state index contributed by atoms with van der Waals surface area (Å²) in [5, 5.41) is 14.7. The van der Waals surface area contributed by atoms with Gasteiger partial charge < -0.3 is 9.47 Å². The Hall–Kier alpha value is -3.39. The molecule has 5 rings (SSSR count). The van der Waals surface area contributed by atoms with E-state index in [4.69, 9.17) is 9.47 Å². The van der Waals surface area contributed by atoms with Crippen LogP contribution in [-0.4, -0.2) is 45.5 Å². The van der Waals surface area contributed by atoms with Crippen molar-refractivity contribution < 1.29 is 14.3 Å². The highest BCUT2D eigenvalue weighted by atomic mass is 32.2. The Labute approximate surface area is 177 Å². The number of aromatic nitrogens is 4. The summed E-state index contributed by atoms with van der Waals surface area (Å²) in [7, 11) is 3.15. The van der Waals surface area contributed by atoms with Crippen LogP contribution in [0.3, 0.4) is 0 Å². The number of Topliss-reactive ketones (excluding diaryl/α,β-unsaturated/α-hetero) is 1. The normalized spacial score (nSPS) is 15.4. The third-order valence-electron chi connectivity index (χ3n) is 5.26. The van der Waals surface area contributed by atoms with E-state index in [1.165, 1.54) is 11.8 Å². The average molecular weight is 418 g/mol. The van der Waals surface area contributed by atoms with Crippen molar-refractivity contribution in [3.8, 4) is 17.2 Å². The van der Waals surface area contributed by atoms with Gasteiger partial charge in [0.1, 0.15) is 0 Å². The molecule has 1 atom stereocenters. The number of carbonyl (C=O) groups excluding carboxylic acids is 1. The van der Waals surface area contributed by atoms with Crippen LogP contribution in [0.1, 0.15) is 15.9 Å². The standard InChI is InChI=1S/C22H18N4O3S/c1-28-18-10-14-11-20(21(27)16(14)12-19(18)29-2)30-22-23-24-25-26(22)17-9-5-7-13-6-3-4-8-15(13)17/h3-10,12,20H,11H2,1-2H3/t20-/m0/s1. The fourth-order valence-electron chi connectivity index (χ4n) is 3.80. The Morgan fingerprint density at radius 1 is 1.03 bits per heavy atom. The maximum atomic E-state index is 13.1. The monoisotopic (exact) mass is 418 g/mol. The first-order valence-corrected chi connectivity index (χ1v) is 10.3. The van der Waals surface area contributed by atoms with Gasteiger partial charge in [0.05, 0.1) is 25.2 Å². The van der Waals surface area contributed by atoms with Crippen LogP contribution in [0.4, 0.5) is 0 Å². The van der Waals surface area contributed by atoms with Crippen molar-refractivity contribution in [3.05, 3.63) is 65.7 Å². The van der Waals surface area contributed by atoms with Crippen LogP contribution in [0.15, 0.2) is 59.8 Å². The van der Waals surface area contributed by atoms with Gasteiger partial charge in [0.2, 0.25) is 5.16 Å². The maximum Gasteiger partial charge on any atom is 0.214 e. The molecule has 0 aliphatic heterocycles. The summed E-state index contributed by atoms with van der Waals surface area (Å²) < 4.78 is 12.4. The first-order valence-electron chi connectivity index (χ1n) is 9.42. The van der Waals surface area contributed by atoms with Crippen molar-refractivity contribution in [2.24, 2.45) is 0 Å². The topological polar surface area (TPSA) is 79.1 Å². The molecule has 1 aliphatic carbocycles. The molecule has 0 spiro atoms. The molecule has 0 N–H and O–H groups in total. The molecule has 0 unspecified atom stereocenters. The van der Waals surface area contributed by atoms with E-state index in [0.29, 0.717) is 28.6 Å². The van der Waals surface area contributed by atoms with Crippen LogP contribution in [0.25, 0.3) is 16.5 Å². The molecule has 150 valence electrons. The molecule has 0 amide bonds. The van der Waals surface area contributed by atoms with Crippen molar-refractivity contribution in [3.63, 3.8) is 0 Å². The molecule has 0 bridgehead atoms. The number of ketones is 1. The lowest BCUT2D eigenvalue weighted by Crippen LogP contribution is -2.13. The minimum Gasteiger partial charge on any atom is -0.493 e. The predicted octanol–water partition coefficient (Wildman–Crippen LogP) is 3.73. The first-order chi connectivity index (χ1) is 14.7. The molecule has 4 aromatic rings. The van der Waals surface area contributed by atoms with E-state index in [2.05, 4.69) is 15.5 Å². The lowest BCUT2D eigenvalue weighted by molar-refractivity contribution is 0.1000. The summed E-state index contributed by atoms with van der Waals surface area (Å²) >= 11 is 1.38. The Bertz CT molecular complexity index is 1270. The molecule has 0 saturated heterocycles. The van der Waals surface area contributed by atoms with Gasteiger partial charge in [0.25, 0.3) is 0 Å². The Morgan fingerprint density at radius 3 is 2.63 bits per heavy atom. The third-order valence-corrected chi connectivity index (χ3v) is 6.39. The molecule has 3 aromatic carbocycles. The van der Waals surface area contributed by atoms with Gasteiger partial charge in [-0.3, -0.25) is 4.79 Å². The van der Waals surface area contributed by atoms with E-state index < -0.39 is 0 Å². The molecule has 1 aromatic heterocycles. The highest BCUT2D eigenvalue weighted by molar-refractivity contribution is 8.00. The average Bonchev–Trinajstić information content (AvgIpc) is 3.36. The van der Waals surface area contributed by atoms with E-state index in [1.807, 2.05) is 48.5 Å². The number of nitrogens with zero attached hydrogens (tertiary/aromatic N) is 4. The molecule has 30 heavy (non-hydrogen) atoms. The number of hydrogen-bond donors (Lipinski definition) is 0. The van der Waals surface area contributed by atoms with Crippen LogP contribution in [0, 0.1) is 0 Å². The number of benzene rings is 3. The Balaban J connectivity index is 1.48. The summed E-state index contributed by atoms with van der Waals surface area (Å²) in [6.07, 6.45) is 0.585. The molecule has 1 heterocycles. The number of hydrogen-bond acceptors (Lipinski definition) is 7. The van der Waals surface area contributed by atoms with Crippen molar-refractivity contribution >= 4 is 28.3 Å². The summed E-state index contributed by atoms with van der Waals surface area (Å²) in [6.45, 7) is 0. The quantitative estimate of drug-likeness (QED) is 0.489. The second-order valence-corrected chi connectivity index (χ2v) is 8.08. The number of carbonyl (C=O) groups is 1. The molecule has 8 heteroatoms. The number of tetrazole rings is 1. The first kappa shape index (κ1) is 18.6. The van der Waals surface area contributed by atoms with Crippen LogP contribution in [0.5, 0.6) is 11.5 Å². The van der Waals surface area contributed by atoms with Crippen molar-refractivity contribution in [1.29, 1.82) is 0 Å². The highest BCUT2D eigenvalue weighted by Crippen LogP contribution is 2.39. The maximum absolute atomic E-state index is 13.1. The zero-order chi connectivity index (χ0) is 20.7. The van der Waals surface area contributed by atoms with Crippen LogP contribution in [0.2, 0.25) is 0 Å². The van der Waals surface area contributed by atoms with E-state index in [-0.39, 0.29) is 11.0 Å². The largest absolute Gasteiger partial charge is 0.493 e. The summed E-state index contributed by atoms with van der Waals surface area (Å²) in [6, 6.07) is 17.7. The number of fused-ring (bicyclic) bond motifs is 2. The van der Waals surface area contributed by atoms with Gasteiger partial charge in [-0.1, -0.05) is 48.2 Å². The van der Waals surface area contributed by atoms with Gasteiger partial charge in [-0.15, -0.1) is 5.10 Å². The van der Waals surface area contributed by atoms with E-state index in [9.17, 15) is 4.79 Å². The highest BCUT2D eigenvalue weighted by Gasteiger charge is 2.34. The molecule has 7 nitrogen and oxygen atoms in total. The fraction of sp³-hybridized carbons (Fsp3) is 0.182. The van der Waals surface area contributed by atoms with Crippen molar-refractivity contribution in [1.82, 2.24) is 20.2 Å². The van der Waals surface area contributed by atoms with Gasteiger partial charge in [-0.05, 0) is 46.0 Å². The smallest absolute Gasteiger partial charge is 0.214 e. The zero-order valence-corrected chi connectivity index (χ0v) is 17.2. The number of thioether (sulfide) groups is 1. The predicted molar refractivity (Wildman–Crippen MR) is 114 cm³/mol. The fourth-order valence-corrected chi connectivity index (χ4v) is 4.87. The van der Waals surface area contributed by atoms with Gasteiger partial charge in [-0.2, -0.15) is 4.68 Å². The van der Waals surface area contributed by atoms with Gasteiger partial charge in [-0.25, -0.2) is 0 Å². The van der Waals surface area contributed by atoms with E-state index in [1.54, 1.807) is 25.0 Å². The Kier molecular flexibility index (Phi) is 4.63. The minimum atomic E-state index is -0.309. The SMILES string of the molecule is COc1cc2c(cc1OC)C(=O)[C@@H](Sc1nnnn1-c1cccc3ccccc13)C2. The molecular formula is C22H18N4O3S. The summed E-state index contributed by atoms with van der Waals surface area (Å²) in [5.74, 6) is 1.22. The molecule has 0 saturated carbocycles. The number of rotatable bonds is 5. The lowest BCUT2D eigenvalue weighted by atomic mass is 10.1. The molecule has 0 radical (unpaired) electrons. The molecule has 0 fully saturated rings. The van der Waals surface area contributed by atoms with E-state index >= 15 is 0 Å². The molecular weight excluding hydrogens is 400 g/mol. The summed E-state index contributed by atoms with van der Waals surface area (Å²) in [5.41, 5.74) is 2.49. The van der Waals surface area contributed by atoms with E-state index in [0.717, 1.165) is 22.0 Å². The van der Waals surface area contributed by atoms with Crippen molar-refractivity contribution in [2.45, 2.75) is 16.8 Å². The van der Waals surface area contributed by atoms with Crippen LogP contribution >= 0.6 is 11.8 Å². The lowest BCUT2D eigenvalue weighted by Gasteiger charge is -2.10. The van der Waals surface area contributed by atoms with Crippen LogP contribution < -0.4 is 9.47 Å². The van der Waals surface area contributed by atoms with Gasteiger partial charge in [0.15, 0.2) is 17.3 Å². The molecule has 1 aliphatic rings. The number of methoxy groups -OCH3 is 2. The second kappa shape index (κ2) is 7.46. The van der Waals surface area contributed by atoms with Gasteiger partial charge in [0, 0.05) is 10.9 Å². The third kappa shape index (κ3) is 3.00. The second-order valence-electron chi connectivity index (χ2n) is 6.91. The zero-order valence-electron chi connectivity index (χ0n) is 16.4. The minimum absolute atomic E-state index is 0.0448. The Morgan fingerprint density at radius 2 is 1.80 bits per heavy atom. The summed E-state index contributed by atoms with van der Waals surface area (Å²) in [4.78, 5) is 13.1. The number of ether oxygens (including phenoxy) is 2.